The van der Waals surface area contributed by atoms with E-state index in [9.17, 15) is 0 Å². The third-order valence-electron chi connectivity index (χ3n) is 3.31. The van der Waals surface area contributed by atoms with Crippen LogP contribution in [0.1, 0.15) is 40.3 Å². The van der Waals surface area contributed by atoms with Crippen LogP contribution in [0.2, 0.25) is 0 Å². The lowest BCUT2D eigenvalue weighted by Gasteiger charge is -2.34. The molecular formula is C16H29N3. The number of hydrogen-bond acceptors (Lipinski definition) is 3. The summed E-state index contributed by atoms with van der Waals surface area (Å²) >= 11 is 0. The molecule has 1 aromatic rings. The zero-order valence-corrected chi connectivity index (χ0v) is 13.3. The van der Waals surface area contributed by atoms with E-state index in [4.69, 9.17) is 0 Å². The Kier molecular flexibility index (Phi) is 5.95. The molecule has 1 N–H and O–H groups in total. The fourth-order valence-corrected chi connectivity index (χ4v) is 2.18. The normalized spacial score (nSPS) is 14.1. The molecule has 0 saturated carbocycles. The zero-order chi connectivity index (χ0) is 14.5. The maximum atomic E-state index is 4.41. The quantitative estimate of drug-likeness (QED) is 0.855. The SMILES string of the molecule is CC(C)C(CNC(C)(C)C)N(C)Cc1ccccn1. The average molecular weight is 263 g/mol. The number of likely N-dealkylation sites (N-methyl/N-ethyl adjacent to an activating group) is 1. The molecule has 3 nitrogen and oxygen atoms in total. The Morgan fingerprint density at radius 3 is 2.42 bits per heavy atom. The smallest absolute Gasteiger partial charge is 0.0543 e. The molecule has 0 aromatic carbocycles. The van der Waals surface area contributed by atoms with Crippen molar-refractivity contribution in [1.29, 1.82) is 0 Å². The van der Waals surface area contributed by atoms with E-state index < -0.39 is 0 Å². The van der Waals surface area contributed by atoms with Crippen molar-refractivity contribution in [3.8, 4) is 0 Å². The van der Waals surface area contributed by atoms with Gasteiger partial charge in [0.05, 0.1) is 5.69 Å². The van der Waals surface area contributed by atoms with E-state index in [1.807, 2.05) is 18.3 Å². The number of rotatable bonds is 6. The third-order valence-corrected chi connectivity index (χ3v) is 3.31. The number of aromatic nitrogens is 1. The molecule has 19 heavy (non-hydrogen) atoms. The summed E-state index contributed by atoms with van der Waals surface area (Å²) in [5, 5.41) is 3.61. The molecule has 0 radical (unpaired) electrons. The van der Waals surface area contributed by atoms with Crippen molar-refractivity contribution in [3.05, 3.63) is 30.1 Å². The molecule has 0 saturated heterocycles. The monoisotopic (exact) mass is 263 g/mol. The van der Waals surface area contributed by atoms with Crippen LogP contribution in [0, 0.1) is 5.92 Å². The van der Waals surface area contributed by atoms with Gasteiger partial charge >= 0.3 is 0 Å². The lowest BCUT2D eigenvalue weighted by atomic mass is 10.0. The number of hydrogen-bond donors (Lipinski definition) is 1. The molecule has 0 spiro atoms. The van der Waals surface area contributed by atoms with Crippen LogP contribution in [0.4, 0.5) is 0 Å². The maximum Gasteiger partial charge on any atom is 0.0543 e. The van der Waals surface area contributed by atoms with Crippen molar-refractivity contribution in [3.63, 3.8) is 0 Å². The molecule has 0 amide bonds. The first-order valence-corrected chi connectivity index (χ1v) is 7.15. The fourth-order valence-electron chi connectivity index (χ4n) is 2.18. The molecule has 0 aliphatic carbocycles. The summed E-state index contributed by atoms with van der Waals surface area (Å²) in [5.74, 6) is 0.614. The summed E-state index contributed by atoms with van der Waals surface area (Å²) in [7, 11) is 2.18. The van der Waals surface area contributed by atoms with Gasteiger partial charge < -0.3 is 5.32 Å². The Balaban J connectivity index is 2.60. The predicted molar refractivity (Wildman–Crippen MR) is 82.1 cm³/mol. The molecule has 1 atom stereocenters. The number of nitrogens with zero attached hydrogens (tertiary/aromatic N) is 2. The molecule has 108 valence electrons. The van der Waals surface area contributed by atoms with Gasteiger partial charge in [-0.1, -0.05) is 19.9 Å². The van der Waals surface area contributed by atoms with Gasteiger partial charge in [-0.25, -0.2) is 0 Å². The van der Waals surface area contributed by atoms with Gasteiger partial charge in [-0.2, -0.15) is 0 Å². The van der Waals surface area contributed by atoms with Crippen molar-refractivity contribution in [1.82, 2.24) is 15.2 Å². The Bertz CT molecular complexity index is 354. The van der Waals surface area contributed by atoms with E-state index >= 15 is 0 Å². The van der Waals surface area contributed by atoms with E-state index in [1.54, 1.807) is 0 Å². The highest BCUT2D eigenvalue weighted by Crippen LogP contribution is 2.12. The van der Waals surface area contributed by atoms with Crippen LogP contribution >= 0.6 is 0 Å². The molecule has 3 heteroatoms. The predicted octanol–water partition coefficient (Wildman–Crippen LogP) is 2.93. The summed E-state index contributed by atoms with van der Waals surface area (Å²) in [6.07, 6.45) is 1.86. The van der Waals surface area contributed by atoms with E-state index in [2.05, 4.69) is 62.9 Å². The molecule has 1 rings (SSSR count). The van der Waals surface area contributed by atoms with Crippen molar-refractivity contribution < 1.29 is 0 Å². The molecule has 0 aliphatic heterocycles. The van der Waals surface area contributed by atoms with Gasteiger partial charge in [0.2, 0.25) is 0 Å². The summed E-state index contributed by atoms with van der Waals surface area (Å²) in [4.78, 5) is 6.80. The second-order valence-electron chi connectivity index (χ2n) is 6.68. The van der Waals surface area contributed by atoms with Gasteiger partial charge in [0, 0.05) is 30.9 Å². The van der Waals surface area contributed by atoms with Crippen LogP contribution in [0.15, 0.2) is 24.4 Å². The van der Waals surface area contributed by atoms with Crippen molar-refractivity contribution in [2.24, 2.45) is 5.92 Å². The summed E-state index contributed by atoms with van der Waals surface area (Å²) in [5.41, 5.74) is 1.30. The highest BCUT2D eigenvalue weighted by Gasteiger charge is 2.21. The summed E-state index contributed by atoms with van der Waals surface area (Å²) < 4.78 is 0. The van der Waals surface area contributed by atoms with Crippen LogP contribution in [-0.2, 0) is 6.54 Å². The van der Waals surface area contributed by atoms with Gasteiger partial charge in [-0.3, -0.25) is 9.88 Å². The topological polar surface area (TPSA) is 28.2 Å². The number of nitrogens with one attached hydrogen (secondary N) is 1. The summed E-state index contributed by atoms with van der Waals surface area (Å²) in [6.45, 7) is 13.1. The first kappa shape index (κ1) is 16.1. The highest BCUT2D eigenvalue weighted by atomic mass is 15.2. The Labute approximate surface area is 118 Å². The second-order valence-corrected chi connectivity index (χ2v) is 6.68. The average Bonchev–Trinajstić information content (AvgIpc) is 2.28. The fraction of sp³-hybridized carbons (Fsp3) is 0.688. The zero-order valence-electron chi connectivity index (χ0n) is 13.3. The van der Waals surface area contributed by atoms with Gasteiger partial charge in [0.25, 0.3) is 0 Å². The van der Waals surface area contributed by atoms with Crippen LogP contribution < -0.4 is 5.32 Å². The minimum atomic E-state index is 0.166. The lowest BCUT2D eigenvalue weighted by Crippen LogP contribution is -2.48. The summed E-state index contributed by atoms with van der Waals surface area (Å²) in [6, 6.07) is 6.62. The molecule has 1 aromatic heterocycles. The highest BCUT2D eigenvalue weighted by molar-refractivity contribution is 5.03. The third kappa shape index (κ3) is 6.17. The Morgan fingerprint density at radius 1 is 1.26 bits per heavy atom. The maximum absolute atomic E-state index is 4.41. The molecule has 0 aliphatic rings. The van der Waals surface area contributed by atoms with Crippen LogP contribution in [0.3, 0.4) is 0 Å². The van der Waals surface area contributed by atoms with Crippen LogP contribution in [0.5, 0.6) is 0 Å². The second kappa shape index (κ2) is 7.01. The van der Waals surface area contributed by atoms with Crippen molar-refractivity contribution in [2.75, 3.05) is 13.6 Å². The lowest BCUT2D eigenvalue weighted by molar-refractivity contribution is 0.168. The van der Waals surface area contributed by atoms with E-state index in [-0.39, 0.29) is 5.54 Å². The van der Waals surface area contributed by atoms with E-state index in [0.717, 1.165) is 18.8 Å². The van der Waals surface area contributed by atoms with Crippen LogP contribution in [-0.4, -0.2) is 35.1 Å². The largest absolute Gasteiger partial charge is 0.311 e. The standard InChI is InChI=1S/C16H29N3/c1-13(2)15(11-18-16(3,4)5)19(6)12-14-9-7-8-10-17-14/h7-10,13,15,18H,11-12H2,1-6H3. The van der Waals surface area contributed by atoms with Gasteiger partial charge in [-0.15, -0.1) is 0 Å². The van der Waals surface area contributed by atoms with Gasteiger partial charge in [0.1, 0.15) is 0 Å². The van der Waals surface area contributed by atoms with Gasteiger partial charge in [0.15, 0.2) is 0 Å². The Morgan fingerprint density at radius 2 is 1.95 bits per heavy atom. The van der Waals surface area contributed by atoms with Crippen LogP contribution in [0.25, 0.3) is 0 Å². The van der Waals surface area contributed by atoms with Crippen molar-refractivity contribution in [2.45, 2.75) is 52.7 Å². The first-order valence-electron chi connectivity index (χ1n) is 7.15. The van der Waals surface area contributed by atoms with Gasteiger partial charge in [-0.05, 0) is 45.9 Å². The van der Waals surface area contributed by atoms with E-state index in [0.29, 0.717) is 12.0 Å². The first-order chi connectivity index (χ1) is 8.79. The van der Waals surface area contributed by atoms with Crippen molar-refractivity contribution >= 4 is 0 Å². The van der Waals surface area contributed by atoms with E-state index in [1.165, 1.54) is 0 Å². The molecule has 0 bridgehead atoms. The minimum Gasteiger partial charge on any atom is -0.311 e. The minimum absolute atomic E-state index is 0.166. The Hall–Kier alpha value is -0.930. The molecular weight excluding hydrogens is 234 g/mol. The molecule has 1 heterocycles. The molecule has 1 unspecified atom stereocenters. The molecule has 0 fully saturated rings. The number of pyridine rings is 1.